The van der Waals surface area contributed by atoms with Crippen LogP contribution < -0.4 is 16.8 Å². The van der Waals surface area contributed by atoms with Crippen LogP contribution in [0.25, 0.3) is 0 Å². The van der Waals surface area contributed by atoms with Crippen molar-refractivity contribution in [2.45, 2.75) is 32.4 Å². The molecule has 0 heterocycles. The third-order valence-corrected chi connectivity index (χ3v) is 2.46. The van der Waals surface area contributed by atoms with Crippen LogP contribution in [0.1, 0.15) is 25.3 Å². The van der Waals surface area contributed by atoms with Gasteiger partial charge in [0, 0.05) is 18.3 Å². The maximum Gasteiger partial charge on any atom is 0.407 e. The van der Waals surface area contributed by atoms with Gasteiger partial charge >= 0.3 is 6.09 Å². The Morgan fingerprint density at radius 3 is 2.67 bits per heavy atom. The van der Waals surface area contributed by atoms with Crippen LogP contribution in [0.3, 0.4) is 0 Å². The highest BCUT2D eigenvalue weighted by Crippen LogP contribution is 2.06. The molecule has 1 unspecified atom stereocenters. The molecule has 18 heavy (non-hydrogen) atoms. The summed E-state index contributed by atoms with van der Waals surface area (Å²) >= 11 is 0. The molecule has 1 atom stereocenters. The highest BCUT2D eigenvalue weighted by Gasteiger charge is 2.02. The minimum absolute atomic E-state index is 0.164. The standard InChI is InChI=1S/C13H21N3O2/c1-10(14)3-2-8-16-13(17)18-9-11-4-6-12(15)7-5-11/h4-7,10H,2-3,8-9,14-15H2,1H3,(H,16,17). The lowest BCUT2D eigenvalue weighted by atomic mass is 10.2. The summed E-state index contributed by atoms with van der Waals surface area (Å²) in [5.74, 6) is 0. The fourth-order valence-electron chi connectivity index (χ4n) is 1.43. The molecule has 5 heteroatoms. The first-order valence-electron chi connectivity index (χ1n) is 6.08. The van der Waals surface area contributed by atoms with Crippen LogP contribution in [0.15, 0.2) is 24.3 Å². The molecule has 0 saturated carbocycles. The van der Waals surface area contributed by atoms with E-state index < -0.39 is 6.09 Å². The Kier molecular flexibility index (Phi) is 6.00. The number of amides is 1. The van der Waals surface area contributed by atoms with Gasteiger partial charge in [-0.25, -0.2) is 4.79 Å². The van der Waals surface area contributed by atoms with E-state index in [-0.39, 0.29) is 12.6 Å². The third-order valence-electron chi connectivity index (χ3n) is 2.46. The fraction of sp³-hybridized carbons (Fsp3) is 0.462. The van der Waals surface area contributed by atoms with Crippen molar-refractivity contribution >= 4 is 11.8 Å². The first kappa shape index (κ1) is 14.3. The molecule has 0 saturated heterocycles. The highest BCUT2D eigenvalue weighted by molar-refractivity contribution is 5.67. The van der Waals surface area contributed by atoms with Crippen molar-refractivity contribution in [3.05, 3.63) is 29.8 Å². The molecule has 5 nitrogen and oxygen atoms in total. The van der Waals surface area contributed by atoms with Crippen molar-refractivity contribution in [3.63, 3.8) is 0 Å². The van der Waals surface area contributed by atoms with Crippen molar-refractivity contribution in [3.8, 4) is 0 Å². The zero-order valence-corrected chi connectivity index (χ0v) is 10.7. The van der Waals surface area contributed by atoms with Crippen LogP contribution in [0, 0.1) is 0 Å². The summed E-state index contributed by atoms with van der Waals surface area (Å²) in [5, 5.41) is 2.68. The number of hydrogen-bond acceptors (Lipinski definition) is 4. The molecule has 0 aliphatic heterocycles. The van der Waals surface area contributed by atoms with E-state index in [1.165, 1.54) is 0 Å². The third kappa shape index (κ3) is 6.10. The number of ether oxygens (including phenoxy) is 1. The van der Waals surface area contributed by atoms with Gasteiger partial charge in [-0.3, -0.25) is 0 Å². The molecular weight excluding hydrogens is 230 g/mol. The summed E-state index contributed by atoms with van der Waals surface area (Å²) in [6, 6.07) is 7.38. The van der Waals surface area contributed by atoms with Gasteiger partial charge < -0.3 is 21.5 Å². The van der Waals surface area contributed by atoms with E-state index in [0.717, 1.165) is 18.4 Å². The fourth-order valence-corrected chi connectivity index (χ4v) is 1.43. The van der Waals surface area contributed by atoms with Gasteiger partial charge in [0.25, 0.3) is 0 Å². The van der Waals surface area contributed by atoms with Gasteiger partial charge in [0.05, 0.1) is 0 Å². The van der Waals surface area contributed by atoms with Crippen LogP contribution in [0.2, 0.25) is 0 Å². The number of nitrogens with two attached hydrogens (primary N) is 2. The molecular formula is C13H21N3O2. The molecule has 1 rings (SSSR count). The molecule has 0 aliphatic rings. The summed E-state index contributed by atoms with van der Waals surface area (Å²) in [6.45, 7) is 2.78. The molecule has 0 bridgehead atoms. The number of benzene rings is 1. The average Bonchev–Trinajstić information content (AvgIpc) is 2.34. The first-order valence-corrected chi connectivity index (χ1v) is 6.08. The van der Waals surface area contributed by atoms with Crippen LogP contribution in [0.4, 0.5) is 10.5 Å². The van der Waals surface area contributed by atoms with Gasteiger partial charge in [0.15, 0.2) is 0 Å². The van der Waals surface area contributed by atoms with E-state index in [2.05, 4.69) is 5.32 Å². The van der Waals surface area contributed by atoms with Crippen molar-refractivity contribution < 1.29 is 9.53 Å². The largest absolute Gasteiger partial charge is 0.445 e. The topological polar surface area (TPSA) is 90.4 Å². The zero-order valence-electron chi connectivity index (χ0n) is 10.7. The molecule has 1 amide bonds. The number of carbonyl (C=O) groups excluding carboxylic acids is 1. The number of nitrogens with one attached hydrogen (secondary N) is 1. The van der Waals surface area contributed by atoms with Gasteiger partial charge in [-0.2, -0.15) is 0 Å². The van der Waals surface area contributed by atoms with E-state index in [1.807, 2.05) is 19.1 Å². The van der Waals surface area contributed by atoms with Crippen molar-refractivity contribution in [1.29, 1.82) is 0 Å². The predicted octanol–water partition coefficient (Wildman–Crippen LogP) is 1.62. The molecule has 100 valence electrons. The SMILES string of the molecule is CC(N)CCCNC(=O)OCc1ccc(N)cc1. The van der Waals surface area contributed by atoms with Gasteiger partial charge in [-0.1, -0.05) is 12.1 Å². The van der Waals surface area contributed by atoms with Crippen LogP contribution in [0.5, 0.6) is 0 Å². The monoisotopic (exact) mass is 251 g/mol. The average molecular weight is 251 g/mol. The van der Waals surface area contributed by atoms with E-state index >= 15 is 0 Å². The van der Waals surface area contributed by atoms with Crippen LogP contribution in [-0.4, -0.2) is 18.7 Å². The maximum atomic E-state index is 11.3. The lowest BCUT2D eigenvalue weighted by molar-refractivity contribution is 0.139. The maximum absolute atomic E-state index is 11.3. The molecule has 1 aromatic rings. The number of nitrogen functional groups attached to an aromatic ring is 1. The van der Waals surface area contributed by atoms with Crippen molar-refractivity contribution in [2.24, 2.45) is 5.73 Å². The highest BCUT2D eigenvalue weighted by atomic mass is 16.5. The second-order valence-corrected chi connectivity index (χ2v) is 4.36. The van der Waals surface area contributed by atoms with Crippen LogP contribution in [-0.2, 0) is 11.3 Å². The molecule has 5 N–H and O–H groups in total. The molecule has 1 aromatic carbocycles. The molecule has 0 fully saturated rings. The van der Waals surface area contributed by atoms with Gasteiger partial charge in [0.1, 0.15) is 6.61 Å². The number of hydrogen-bond donors (Lipinski definition) is 3. The van der Waals surface area contributed by atoms with Gasteiger partial charge in [-0.05, 0) is 37.5 Å². The summed E-state index contributed by atoms with van der Waals surface area (Å²) in [4.78, 5) is 11.3. The molecule has 0 spiro atoms. The van der Waals surface area contributed by atoms with E-state index in [9.17, 15) is 4.79 Å². The first-order chi connectivity index (χ1) is 8.58. The lowest BCUT2D eigenvalue weighted by Crippen LogP contribution is -2.26. The summed E-state index contributed by atoms with van der Waals surface area (Å²) < 4.78 is 5.05. The van der Waals surface area contributed by atoms with Gasteiger partial charge in [-0.15, -0.1) is 0 Å². The number of anilines is 1. The smallest absolute Gasteiger partial charge is 0.407 e. The molecule has 0 radical (unpaired) electrons. The number of rotatable bonds is 6. The van der Waals surface area contributed by atoms with E-state index in [4.69, 9.17) is 16.2 Å². The van der Waals surface area contributed by atoms with E-state index in [1.54, 1.807) is 12.1 Å². The Balaban J connectivity index is 2.15. The van der Waals surface area contributed by atoms with Gasteiger partial charge in [0.2, 0.25) is 0 Å². The molecule has 0 aromatic heterocycles. The number of alkyl carbamates (subject to hydrolysis) is 1. The molecule has 0 aliphatic carbocycles. The number of carbonyl (C=O) groups is 1. The second kappa shape index (κ2) is 7.55. The Morgan fingerprint density at radius 1 is 1.39 bits per heavy atom. The van der Waals surface area contributed by atoms with Crippen LogP contribution >= 0.6 is 0 Å². The Bertz CT molecular complexity index is 363. The normalized spacial score (nSPS) is 11.9. The quantitative estimate of drug-likeness (QED) is 0.529. The van der Waals surface area contributed by atoms with Crippen molar-refractivity contribution in [2.75, 3.05) is 12.3 Å². The Morgan fingerprint density at radius 2 is 2.06 bits per heavy atom. The zero-order chi connectivity index (χ0) is 13.4. The second-order valence-electron chi connectivity index (χ2n) is 4.36. The minimum atomic E-state index is -0.406. The summed E-state index contributed by atoms with van der Waals surface area (Å²) in [6.07, 6.45) is 1.34. The summed E-state index contributed by atoms with van der Waals surface area (Å²) in [5.41, 5.74) is 12.8. The van der Waals surface area contributed by atoms with E-state index in [0.29, 0.717) is 12.2 Å². The lowest BCUT2D eigenvalue weighted by Gasteiger charge is -2.08. The Labute approximate surface area is 107 Å². The Hall–Kier alpha value is -1.75. The minimum Gasteiger partial charge on any atom is -0.445 e. The predicted molar refractivity (Wildman–Crippen MR) is 71.9 cm³/mol. The van der Waals surface area contributed by atoms with Crippen molar-refractivity contribution in [1.82, 2.24) is 5.32 Å². The summed E-state index contributed by atoms with van der Waals surface area (Å²) in [7, 11) is 0.